The van der Waals surface area contributed by atoms with Gasteiger partial charge in [0.25, 0.3) is 0 Å². The molecule has 11 heavy (non-hydrogen) atoms. The summed E-state index contributed by atoms with van der Waals surface area (Å²) >= 11 is 4.75. The van der Waals surface area contributed by atoms with Crippen LogP contribution in [0.25, 0.3) is 6.08 Å². The van der Waals surface area contributed by atoms with Gasteiger partial charge < -0.3 is 0 Å². The number of nitro groups is 1. The maximum Gasteiger partial charge on any atom is 0.235 e. The Morgan fingerprint density at radius 3 is 2.91 bits per heavy atom. The van der Waals surface area contributed by atoms with E-state index < -0.39 is 4.92 Å². The third kappa shape index (κ3) is 2.81. The SMILES string of the molecule is O=[N+]([O-])/C=C/c1csc(Br)c1. The molecule has 1 aromatic heterocycles. The molecule has 0 aliphatic heterocycles. The molecule has 58 valence electrons. The molecule has 0 bridgehead atoms. The summed E-state index contributed by atoms with van der Waals surface area (Å²) in [6.45, 7) is 0. The highest BCUT2D eigenvalue weighted by Gasteiger charge is 1.93. The maximum atomic E-state index is 9.89. The van der Waals surface area contributed by atoms with E-state index in [1.54, 1.807) is 0 Å². The van der Waals surface area contributed by atoms with Crippen molar-refractivity contribution in [2.75, 3.05) is 0 Å². The molecule has 1 heterocycles. The highest BCUT2D eigenvalue weighted by Crippen LogP contribution is 2.21. The lowest BCUT2D eigenvalue weighted by Crippen LogP contribution is -1.80. The molecule has 0 fully saturated rings. The Bertz CT molecular complexity index is 295. The Kier molecular flexibility index (Phi) is 2.78. The summed E-state index contributed by atoms with van der Waals surface area (Å²) < 4.78 is 0.973. The van der Waals surface area contributed by atoms with Crippen LogP contribution >= 0.6 is 27.3 Å². The lowest BCUT2D eigenvalue weighted by Gasteiger charge is -1.77. The Hall–Kier alpha value is -0.680. The summed E-state index contributed by atoms with van der Waals surface area (Å²) in [6.07, 6.45) is 2.38. The van der Waals surface area contributed by atoms with E-state index >= 15 is 0 Å². The van der Waals surface area contributed by atoms with Crippen LogP contribution in [-0.2, 0) is 0 Å². The number of rotatable bonds is 2. The molecule has 0 saturated carbocycles. The molecule has 1 rings (SSSR count). The fourth-order valence-corrected chi connectivity index (χ4v) is 1.70. The van der Waals surface area contributed by atoms with Crippen LogP contribution in [0.5, 0.6) is 0 Å². The van der Waals surface area contributed by atoms with Gasteiger partial charge in [-0.25, -0.2) is 0 Å². The predicted octanol–water partition coefficient (Wildman–Crippen LogP) is 2.76. The van der Waals surface area contributed by atoms with Gasteiger partial charge in [0.15, 0.2) is 0 Å². The van der Waals surface area contributed by atoms with Crippen LogP contribution in [0.1, 0.15) is 5.56 Å². The normalized spacial score (nSPS) is 10.6. The van der Waals surface area contributed by atoms with E-state index in [1.165, 1.54) is 17.4 Å². The van der Waals surface area contributed by atoms with E-state index in [1.807, 2.05) is 11.4 Å². The first kappa shape index (κ1) is 8.42. The molecular weight excluding hydrogens is 230 g/mol. The molecule has 0 saturated heterocycles. The quantitative estimate of drug-likeness (QED) is 0.583. The van der Waals surface area contributed by atoms with Gasteiger partial charge in [-0.3, -0.25) is 10.1 Å². The van der Waals surface area contributed by atoms with E-state index in [2.05, 4.69) is 15.9 Å². The van der Waals surface area contributed by atoms with Crippen LogP contribution in [-0.4, -0.2) is 4.92 Å². The standard InChI is InChI=1S/C6H4BrNO2S/c7-6-3-5(4-11-6)1-2-8(9)10/h1-4H/b2-1+. The summed E-state index contributed by atoms with van der Waals surface area (Å²) in [4.78, 5) is 9.41. The third-order valence-corrected chi connectivity index (χ3v) is 2.50. The molecule has 0 unspecified atom stereocenters. The highest BCUT2D eigenvalue weighted by molar-refractivity contribution is 9.11. The molecular formula is C6H4BrNO2S. The van der Waals surface area contributed by atoms with Gasteiger partial charge in [-0.2, -0.15) is 0 Å². The Morgan fingerprint density at radius 2 is 2.45 bits per heavy atom. The molecule has 0 aliphatic rings. The third-order valence-electron chi connectivity index (χ3n) is 0.976. The largest absolute Gasteiger partial charge is 0.259 e. The molecule has 0 amide bonds. The lowest BCUT2D eigenvalue weighted by molar-refractivity contribution is -0.400. The smallest absolute Gasteiger partial charge is 0.235 e. The van der Waals surface area contributed by atoms with Crippen molar-refractivity contribution in [3.05, 3.63) is 37.1 Å². The van der Waals surface area contributed by atoms with Crippen LogP contribution in [0.4, 0.5) is 0 Å². The molecule has 1 aromatic rings. The predicted molar refractivity (Wildman–Crippen MR) is 48.0 cm³/mol. The summed E-state index contributed by atoms with van der Waals surface area (Å²) in [6, 6.07) is 1.82. The topological polar surface area (TPSA) is 43.1 Å². The van der Waals surface area contributed by atoms with Crippen LogP contribution in [0.2, 0.25) is 0 Å². The monoisotopic (exact) mass is 233 g/mol. The first-order valence-corrected chi connectivity index (χ1v) is 4.41. The lowest BCUT2D eigenvalue weighted by atomic mass is 10.3. The molecule has 0 N–H and O–H groups in total. The first-order valence-electron chi connectivity index (χ1n) is 2.74. The van der Waals surface area contributed by atoms with Crippen LogP contribution in [0.15, 0.2) is 21.4 Å². The number of hydrogen-bond donors (Lipinski definition) is 0. The first-order chi connectivity index (χ1) is 5.18. The minimum Gasteiger partial charge on any atom is -0.259 e. The second kappa shape index (κ2) is 3.64. The van der Waals surface area contributed by atoms with E-state index in [-0.39, 0.29) is 0 Å². The van der Waals surface area contributed by atoms with E-state index in [4.69, 9.17) is 0 Å². The average molecular weight is 234 g/mol. The average Bonchev–Trinajstić information content (AvgIpc) is 2.31. The number of thiophene rings is 1. The van der Waals surface area contributed by atoms with Crippen molar-refractivity contribution in [3.8, 4) is 0 Å². The summed E-state index contributed by atoms with van der Waals surface area (Å²) in [5.74, 6) is 0. The van der Waals surface area contributed by atoms with Gasteiger partial charge in [0, 0.05) is 6.08 Å². The van der Waals surface area contributed by atoms with Crippen LogP contribution in [0.3, 0.4) is 0 Å². The zero-order valence-corrected chi connectivity index (χ0v) is 7.76. The second-order valence-corrected chi connectivity index (χ2v) is 4.08. The second-order valence-electron chi connectivity index (χ2n) is 1.79. The van der Waals surface area contributed by atoms with E-state index in [0.29, 0.717) is 0 Å². The van der Waals surface area contributed by atoms with Crippen molar-refractivity contribution in [1.82, 2.24) is 0 Å². The van der Waals surface area contributed by atoms with Gasteiger partial charge in [0.2, 0.25) is 6.20 Å². The summed E-state index contributed by atoms with van der Waals surface area (Å²) in [5.41, 5.74) is 0.846. The Morgan fingerprint density at radius 1 is 1.73 bits per heavy atom. The highest BCUT2D eigenvalue weighted by atomic mass is 79.9. The van der Waals surface area contributed by atoms with Crippen molar-refractivity contribution in [1.29, 1.82) is 0 Å². The minimum absolute atomic E-state index is 0.481. The van der Waals surface area contributed by atoms with Gasteiger partial charge in [0.1, 0.15) is 0 Å². The molecule has 0 spiro atoms. The maximum absolute atomic E-state index is 9.89. The van der Waals surface area contributed by atoms with Crippen molar-refractivity contribution in [2.24, 2.45) is 0 Å². The van der Waals surface area contributed by atoms with Crippen molar-refractivity contribution >= 4 is 33.3 Å². The number of hydrogen-bond acceptors (Lipinski definition) is 3. The van der Waals surface area contributed by atoms with Gasteiger partial charge in [-0.05, 0) is 32.9 Å². The molecule has 3 nitrogen and oxygen atoms in total. The van der Waals surface area contributed by atoms with Crippen molar-refractivity contribution < 1.29 is 4.92 Å². The Balaban J connectivity index is 2.71. The van der Waals surface area contributed by atoms with Crippen LogP contribution in [0, 0.1) is 10.1 Å². The molecule has 0 radical (unpaired) electrons. The van der Waals surface area contributed by atoms with Gasteiger partial charge in [-0.1, -0.05) is 0 Å². The van der Waals surface area contributed by atoms with E-state index in [9.17, 15) is 10.1 Å². The molecule has 0 aromatic carbocycles. The fraction of sp³-hybridized carbons (Fsp3) is 0. The van der Waals surface area contributed by atoms with Crippen molar-refractivity contribution in [2.45, 2.75) is 0 Å². The van der Waals surface area contributed by atoms with E-state index in [0.717, 1.165) is 15.5 Å². The summed E-state index contributed by atoms with van der Waals surface area (Å²) in [7, 11) is 0. The van der Waals surface area contributed by atoms with Gasteiger partial charge >= 0.3 is 0 Å². The zero-order chi connectivity index (χ0) is 8.27. The number of nitrogens with zero attached hydrogens (tertiary/aromatic N) is 1. The van der Waals surface area contributed by atoms with Crippen molar-refractivity contribution in [3.63, 3.8) is 0 Å². The Labute approximate surface area is 75.6 Å². The zero-order valence-electron chi connectivity index (χ0n) is 5.36. The number of halogens is 1. The molecule has 0 atom stereocenters. The molecule has 5 heteroatoms. The minimum atomic E-state index is -0.481. The van der Waals surface area contributed by atoms with Crippen LogP contribution < -0.4 is 0 Å². The van der Waals surface area contributed by atoms with Gasteiger partial charge in [-0.15, -0.1) is 11.3 Å². The summed E-state index contributed by atoms with van der Waals surface area (Å²) in [5, 5.41) is 11.7. The van der Waals surface area contributed by atoms with Gasteiger partial charge in [0.05, 0.1) is 8.71 Å². The fourth-order valence-electron chi connectivity index (χ4n) is 0.558. The molecule has 0 aliphatic carbocycles.